The molecule has 1 aliphatic carbocycles. The monoisotopic (exact) mass is 642 g/mol. The van der Waals surface area contributed by atoms with Gasteiger partial charge in [0.25, 0.3) is 5.92 Å². The van der Waals surface area contributed by atoms with E-state index in [1.165, 1.54) is 19.2 Å². The van der Waals surface area contributed by atoms with Gasteiger partial charge in [-0.1, -0.05) is 45.2 Å². The Kier molecular flexibility index (Phi) is 12.5. The van der Waals surface area contributed by atoms with Crippen molar-refractivity contribution in [1.29, 1.82) is 0 Å². The lowest BCUT2D eigenvalue weighted by Gasteiger charge is -2.36. The average Bonchev–Trinajstić information content (AvgIpc) is 3.07. The third-order valence-electron chi connectivity index (χ3n) is 9.24. The number of anilines is 1. The number of likely N-dealkylation sites (N-methyl/N-ethyl adjacent to an activating group) is 1. The third-order valence-corrected chi connectivity index (χ3v) is 9.24. The molecular formula is C34H48F2N6O4. The predicted molar refractivity (Wildman–Crippen MR) is 173 cm³/mol. The summed E-state index contributed by atoms with van der Waals surface area (Å²) in [6, 6.07) is 8.30. The minimum Gasteiger partial charge on any atom is -0.481 e. The number of rotatable bonds is 13. The molecule has 2 aliphatic rings. The van der Waals surface area contributed by atoms with E-state index >= 15 is 8.78 Å². The van der Waals surface area contributed by atoms with Crippen LogP contribution in [0.2, 0.25) is 0 Å². The van der Waals surface area contributed by atoms with Crippen molar-refractivity contribution in [3.8, 4) is 5.88 Å². The number of amides is 3. The normalized spacial score (nSPS) is 18.3. The molecule has 2 heterocycles. The van der Waals surface area contributed by atoms with E-state index in [0.717, 1.165) is 57.0 Å². The fourth-order valence-corrected chi connectivity index (χ4v) is 6.18. The van der Waals surface area contributed by atoms with Crippen molar-refractivity contribution < 1.29 is 27.9 Å². The number of carbonyl (C=O) groups excluding carboxylic acids is 3. The molecule has 3 amide bonds. The Labute approximate surface area is 270 Å². The summed E-state index contributed by atoms with van der Waals surface area (Å²) < 4.78 is 35.3. The van der Waals surface area contributed by atoms with Crippen LogP contribution in [0, 0.1) is 5.92 Å². The molecule has 12 heteroatoms. The number of nitrogens with one attached hydrogen (secondary N) is 3. The standard InChI is InChI=1S/C34H48F2N6O4/c1-5-28(43)40-30(33(45)42-19-17-41(3)18-20-42)23(2)24-11-14-27(15-12-24)39-32(44)31(25-9-7-6-8-10-25)38-22-34(35,36)26-13-16-29(46-4)37-21-26/h11-16,21,23,25,30-31,38H,5-10,17-20,22H2,1-4H3,(H,39,44)(H,40,43)/t23-,30+,31-/m0/s1. The van der Waals surface area contributed by atoms with Gasteiger partial charge in [0.2, 0.25) is 23.6 Å². The second-order valence-electron chi connectivity index (χ2n) is 12.5. The molecule has 0 radical (unpaired) electrons. The van der Waals surface area contributed by atoms with Crippen LogP contribution in [-0.4, -0.2) is 91.5 Å². The molecule has 0 spiro atoms. The SMILES string of the molecule is CCC(=O)N[C@@H](C(=O)N1CCN(C)CC1)[C@@H](C)c1ccc(NC(=O)[C@@H](NCC(F)(F)c2ccc(OC)nc2)C2CCCCC2)cc1. The lowest BCUT2D eigenvalue weighted by atomic mass is 9.83. The van der Waals surface area contributed by atoms with Crippen molar-refractivity contribution in [2.75, 3.05) is 52.2 Å². The zero-order valence-electron chi connectivity index (χ0n) is 27.4. The lowest BCUT2D eigenvalue weighted by Crippen LogP contribution is -2.55. The molecule has 1 aromatic carbocycles. The molecular weight excluding hydrogens is 594 g/mol. The highest BCUT2D eigenvalue weighted by Crippen LogP contribution is 2.31. The summed E-state index contributed by atoms with van der Waals surface area (Å²) in [5.41, 5.74) is 1.10. The van der Waals surface area contributed by atoms with Gasteiger partial charge in [0.1, 0.15) is 6.04 Å². The number of halogens is 2. The van der Waals surface area contributed by atoms with E-state index in [1.54, 1.807) is 24.0 Å². The Hall–Kier alpha value is -3.64. The van der Waals surface area contributed by atoms with Gasteiger partial charge in [-0.15, -0.1) is 0 Å². The van der Waals surface area contributed by atoms with Gasteiger partial charge >= 0.3 is 0 Å². The Morgan fingerprint density at radius 1 is 1.02 bits per heavy atom. The van der Waals surface area contributed by atoms with Gasteiger partial charge in [-0.3, -0.25) is 19.7 Å². The van der Waals surface area contributed by atoms with Gasteiger partial charge in [-0.25, -0.2) is 4.98 Å². The van der Waals surface area contributed by atoms with Crippen molar-refractivity contribution in [1.82, 2.24) is 25.4 Å². The summed E-state index contributed by atoms with van der Waals surface area (Å²) in [4.78, 5) is 47.4. The minimum atomic E-state index is -3.24. The van der Waals surface area contributed by atoms with Crippen LogP contribution in [0.25, 0.3) is 0 Å². The maximum absolute atomic E-state index is 15.2. The smallest absolute Gasteiger partial charge is 0.286 e. The molecule has 1 saturated carbocycles. The van der Waals surface area contributed by atoms with Crippen LogP contribution < -0.4 is 20.7 Å². The molecule has 2 aromatic rings. The number of ether oxygens (including phenoxy) is 1. The average molecular weight is 643 g/mol. The molecule has 2 fully saturated rings. The third kappa shape index (κ3) is 9.22. The number of nitrogens with zero attached hydrogens (tertiary/aromatic N) is 3. The van der Waals surface area contributed by atoms with Gasteiger partial charge in [0.15, 0.2) is 0 Å². The van der Waals surface area contributed by atoms with Crippen LogP contribution in [0.5, 0.6) is 5.88 Å². The van der Waals surface area contributed by atoms with Gasteiger partial charge < -0.3 is 25.2 Å². The zero-order chi connectivity index (χ0) is 33.3. The number of carbonyl (C=O) groups is 3. The van der Waals surface area contributed by atoms with Crippen LogP contribution in [0.3, 0.4) is 0 Å². The second-order valence-corrected chi connectivity index (χ2v) is 12.5. The summed E-state index contributed by atoms with van der Waals surface area (Å²) in [6.45, 7) is 5.70. The molecule has 3 atom stereocenters. The first-order chi connectivity index (χ1) is 22.0. The van der Waals surface area contributed by atoms with Crippen molar-refractivity contribution in [3.05, 3.63) is 53.7 Å². The summed E-state index contributed by atoms with van der Waals surface area (Å²) in [5, 5.41) is 8.73. The van der Waals surface area contributed by atoms with Crippen molar-refractivity contribution in [2.24, 2.45) is 5.92 Å². The number of hydrogen-bond donors (Lipinski definition) is 3. The van der Waals surface area contributed by atoms with E-state index in [9.17, 15) is 14.4 Å². The number of pyridine rings is 1. The molecule has 1 saturated heterocycles. The Morgan fingerprint density at radius 2 is 1.70 bits per heavy atom. The molecule has 10 nitrogen and oxygen atoms in total. The zero-order valence-corrected chi connectivity index (χ0v) is 27.4. The van der Waals surface area contributed by atoms with E-state index in [0.29, 0.717) is 18.8 Å². The lowest BCUT2D eigenvalue weighted by molar-refractivity contribution is -0.138. The minimum absolute atomic E-state index is 0.0682. The number of piperazine rings is 1. The van der Waals surface area contributed by atoms with E-state index in [2.05, 4.69) is 25.8 Å². The highest BCUT2D eigenvalue weighted by molar-refractivity contribution is 5.95. The van der Waals surface area contributed by atoms with Crippen LogP contribution in [-0.2, 0) is 20.3 Å². The number of methoxy groups -OCH3 is 1. The number of aromatic nitrogens is 1. The summed E-state index contributed by atoms with van der Waals surface area (Å²) in [5.74, 6) is -4.05. The van der Waals surface area contributed by atoms with Crippen LogP contribution >= 0.6 is 0 Å². The van der Waals surface area contributed by atoms with E-state index < -0.39 is 24.6 Å². The second kappa shape index (κ2) is 16.3. The van der Waals surface area contributed by atoms with Crippen molar-refractivity contribution in [2.45, 2.75) is 76.3 Å². The molecule has 0 bridgehead atoms. The summed E-state index contributed by atoms with van der Waals surface area (Å²) >= 11 is 0. The first-order valence-electron chi connectivity index (χ1n) is 16.3. The van der Waals surface area contributed by atoms with Crippen LogP contribution in [0.15, 0.2) is 42.6 Å². The predicted octanol–water partition coefficient (Wildman–Crippen LogP) is 4.13. The number of alkyl halides is 2. The molecule has 3 N–H and O–H groups in total. The van der Waals surface area contributed by atoms with Crippen molar-refractivity contribution >= 4 is 23.4 Å². The van der Waals surface area contributed by atoms with Crippen LogP contribution in [0.1, 0.15) is 69.4 Å². The van der Waals surface area contributed by atoms with Gasteiger partial charge in [0, 0.05) is 62.0 Å². The highest BCUT2D eigenvalue weighted by Gasteiger charge is 2.37. The van der Waals surface area contributed by atoms with E-state index in [4.69, 9.17) is 4.74 Å². The maximum Gasteiger partial charge on any atom is 0.286 e. The molecule has 46 heavy (non-hydrogen) atoms. The fraction of sp³-hybridized carbons (Fsp3) is 0.588. The maximum atomic E-state index is 15.2. The van der Waals surface area contributed by atoms with Gasteiger partial charge in [-0.05, 0) is 49.6 Å². The first kappa shape index (κ1) is 35.2. The molecule has 4 rings (SSSR count). The summed E-state index contributed by atoms with van der Waals surface area (Å²) in [7, 11) is 3.44. The van der Waals surface area contributed by atoms with E-state index in [1.807, 2.05) is 26.1 Å². The van der Waals surface area contributed by atoms with Gasteiger partial charge in [-0.2, -0.15) is 8.78 Å². The quantitative estimate of drug-likeness (QED) is 0.301. The van der Waals surface area contributed by atoms with E-state index in [-0.39, 0.29) is 47.4 Å². The first-order valence-corrected chi connectivity index (χ1v) is 16.3. The largest absolute Gasteiger partial charge is 0.481 e. The van der Waals surface area contributed by atoms with Crippen molar-refractivity contribution in [3.63, 3.8) is 0 Å². The molecule has 0 unspecified atom stereocenters. The van der Waals surface area contributed by atoms with Gasteiger partial charge in [0.05, 0.1) is 19.7 Å². The molecule has 1 aliphatic heterocycles. The Balaban J connectivity index is 1.44. The number of benzene rings is 1. The molecule has 252 valence electrons. The Morgan fingerprint density at radius 3 is 2.28 bits per heavy atom. The van der Waals surface area contributed by atoms with Crippen LogP contribution in [0.4, 0.5) is 14.5 Å². The highest BCUT2D eigenvalue weighted by atomic mass is 19.3. The number of hydrogen-bond acceptors (Lipinski definition) is 7. The molecule has 1 aromatic heterocycles. The summed E-state index contributed by atoms with van der Waals surface area (Å²) in [6.07, 6.45) is 5.88. The Bertz CT molecular complexity index is 1300. The topological polar surface area (TPSA) is 116 Å². The fourth-order valence-electron chi connectivity index (χ4n) is 6.18.